The predicted octanol–water partition coefficient (Wildman–Crippen LogP) is -0.0109. The topological polar surface area (TPSA) is 49.4 Å². The Morgan fingerprint density at radius 3 is 2.82 bits per heavy atom. The number of Topliss-reactive ketones (excluding diaryl/α,β-unsaturated/α-hetero) is 1. The number of carbonyl (C=O) groups excluding carboxylic acids is 2. The van der Waals surface area contributed by atoms with Gasteiger partial charge in [-0.3, -0.25) is 4.79 Å². The lowest BCUT2D eigenvalue weighted by molar-refractivity contribution is -0.121. The van der Waals surface area contributed by atoms with Crippen molar-refractivity contribution in [3.8, 4) is 0 Å². The Morgan fingerprint density at radius 1 is 1.73 bits per heavy atom. The minimum Gasteiger partial charge on any atom is -0.338 e. The van der Waals surface area contributed by atoms with Crippen LogP contribution in [0.15, 0.2) is 0 Å². The fourth-order valence-corrected chi connectivity index (χ4v) is 1.25. The smallest absolute Gasteiger partial charge is 0.317 e. The Kier molecular flexibility index (Phi) is 2.12. The van der Waals surface area contributed by atoms with Crippen LogP contribution in [0.1, 0.15) is 13.3 Å². The number of carbonyl (C=O) groups is 2. The zero-order valence-corrected chi connectivity index (χ0v) is 6.76. The number of nitrogens with one attached hydrogen (secondary N) is 1. The average Bonchev–Trinajstić information content (AvgIpc) is 1.94. The molecule has 4 nitrogen and oxygen atoms in total. The van der Waals surface area contributed by atoms with E-state index in [1.807, 2.05) is 0 Å². The van der Waals surface area contributed by atoms with Crippen LogP contribution in [-0.4, -0.2) is 36.3 Å². The van der Waals surface area contributed by atoms with Crippen LogP contribution in [0.5, 0.6) is 0 Å². The fourth-order valence-electron chi connectivity index (χ4n) is 1.25. The maximum atomic E-state index is 11.0. The van der Waals surface area contributed by atoms with E-state index in [4.69, 9.17) is 0 Å². The Balaban J connectivity index is 2.65. The van der Waals surface area contributed by atoms with Gasteiger partial charge >= 0.3 is 6.03 Å². The third-order valence-corrected chi connectivity index (χ3v) is 1.95. The largest absolute Gasteiger partial charge is 0.338 e. The van der Waals surface area contributed by atoms with E-state index in [1.165, 1.54) is 11.8 Å². The Labute approximate surface area is 65.6 Å². The van der Waals surface area contributed by atoms with E-state index < -0.39 is 0 Å². The van der Waals surface area contributed by atoms with E-state index in [0.717, 1.165) is 6.42 Å². The van der Waals surface area contributed by atoms with Crippen molar-refractivity contribution in [3.05, 3.63) is 0 Å². The number of hydrogen-bond acceptors (Lipinski definition) is 2. The molecule has 0 spiro atoms. The molecule has 4 heteroatoms. The second-order valence-corrected chi connectivity index (χ2v) is 2.76. The maximum Gasteiger partial charge on any atom is 0.317 e. The SMILES string of the molecule is CC(=O)C1CCNC(=O)N1C. The molecule has 0 aromatic heterocycles. The van der Waals surface area contributed by atoms with Gasteiger partial charge in [0, 0.05) is 13.6 Å². The molecule has 0 aliphatic carbocycles. The van der Waals surface area contributed by atoms with Crippen molar-refractivity contribution in [2.24, 2.45) is 0 Å². The highest BCUT2D eigenvalue weighted by Gasteiger charge is 2.27. The molecule has 0 saturated carbocycles. The predicted molar refractivity (Wildman–Crippen MR) is 40.2 cm³/mol. The van der Waals surface area contributed by atoms with Crippen LogP contribution in [-0.2, 0) is 4.79 Å². The lowest BCUT2D eigenvalue weighted by Gasteiger charge is -2.30. The van der Waals surface area contributed by atoms with Crippen LogP contribution in [0.4, 0.5) is 4.79 Å². The molecule has 0 aromatic carbocycles. The summed E-state index contributed by atoms with van der Waals surface area (Å²) in [6, 6.07) is -0.375. The monoisotopic (exact) mass is 156 g/mol. The van der Waals surface area contributed by atoms with Crippen molar-refractivity contribution in [3.63, 3.8) is 0 Å². The van der Waals surface area contributed by atoms with Gasteiger partial charge in [-0.05, 0) is 13.3 Å². The molecule has 1 unspecified atom stereocenters. The number of ketones is 1. The Morgan fingerprint density at radius 2 is 2.36 bits per heavy atom. The molecule has 2 amide bonds. The Bertz CT molecular complexity index is 191. The lowest BCUT2D eigenvalue weighted by Crippen LogP contribution is -2.52. The van der Waals surface area contributed by atoms with Crippen LogP contribution < -0.4 is 5.32 Å². The summed E-state index contributed by atoms with van der Waals surface area (Å²) < 4.78 is 0. The number of amides is 2. The van der Waals surface area contributed by atoms with E-state index >= 15 is 0 Å². The fraction of sp³-hybridized carbons (Fsp3) is 0.714. The number of nitrogens with zero attached hydrogens (tertiary/aromatic N) is 1. The molecular formula is C7H12N2O2. The summed E-state index contributed by atoms with van der Waals surface area (Å²) in [5.74, 6) is 0.0577. The minimum atomic E-state index is -0.219. The first-order chi connectivity index (χ1) is 5.13. The summed E-state index contributed by atoms with van der Waals surface area (Å²) in [6.07, 6.45) is 0.720. The first kappa shape index (κ1) is 8.04. The summed E-state index contributed by atoms with van der Waals surface area (Å²) >= 11 is 0. The van der Waals surface area contributed by atoms with Gasteiger partial charge in [-0.2, -0.15) is 0 Å². The first-order valence-electron chi connectivity index (χ1n) is 3.64. The highest BCUT2D eigenvalue weighted by Crippen LogP contribution is 2.07. The molecule has 1 saturated heterocycles. The number of urea groups is 1. The van der Waals surface area contributed by atoms with Crippen LogP contribution in [0.3, 0.4) is 0 Å². The summed E-state index contributed by atoms with van der Waals surface area (Å²) in [6.45, 7) is 2.12. The third-order valence-electron chi connectivity index (χ3n) is 1.95. The number of likely N-dealkylation sites (N-methyl/N-ethyl adjacent to an activating group) is 1. The van der Waals surface area contributed by atoms with E-state index in [0.29, 0.717) is 6.54 Å². The van der Waals surface area contributed by atoms with Gasteiger partial charge in [0.1, 0.15) is 0 Å². The Hall–Kier alpha value is -1.06. The van der Waals surface area contributed by atoms with Crippen LogP contribution >= 0.6 is 0 Å². The van der Waals surface area contributed by atoms with E-state index in [-0.39, 0.29) is 17.9 Å². The molecule has 1 N–H and O–H groups in total. The van der Waals surface area contributed by atoms with Crippen molar-refractivity contribution < 1.29 is 9.59 Å². The molecule has 1 aliphatic heterocycles. The molecule has 1 heterocycles. The van der Waals surface area contributed by atoms with Crippen molar-refractivity contribution >= 4 is 11.8 Å². The molecule has 0 bridgehead atoms. The minimum absolute atomic E-state index is 0.0577. The molecule has 0 radical (unpaired) electrons. The first-order valence-corrected chi connectivity index (χ1v) is 3.64. The molecule has 1 fully saturated rings. The maximum absolute atomic E-state index is 11.0. The van der Waals surface area contributed by atoms with E-state index in [2.05, 4.69) is 5.32 Å². The molecule has 1 atom stereocenters. The molecule has 0 aromatic rings. The van der Waals surface area contributed by atoms with Gasteiger partial charge in [-0.15, -0.1) is 0 Å². The van der Waals surface area contributed by atoms with E-state index in [9.17, 15) is 9.59 Å². The number of rotatable bonds is 1. The van der Waals surface area contributed by atoms with Crippen molar-refractivity contribution in [1.82, 2.24) is 10.2 Å². The summed E-state index contributed by atoms with van der Waals surface area (Å²) in [7, 11) is 1.64. The van der Waals surface area contributed by atoms with Gasteiger partial charge in [-0.25, -0.2) is 4.79 Å². The van der Waals surface area contributed by atoms with Crippen LogP contribution in [0, 0.1) is 0 Å². The normalized spacial score (nSPS) is 24.7. The summed E-state index contributed by atoms with van der Waals surface area (Å²) in [5.41, 5.74) is 0. The van der Waals surface area contributed by atoms with Crippen LogP contribution in [0.2, 0.25) is 0 Å². The lowest BCUT2D eigenvalue weighted by atomic mass is 10.1. The highest BCUT2D eigenvalue weighted by molar-refractivity contribution is 5.87. The third kappa shape index (κ3) is 1.50. The second kappa shape index (κ2) is 2.90. The molecular weight excluding hydrogens is 144 g/mol. The molecule has 62 valence electrons. The van der Waals surface area contributed by atoms with Crippen molar-refractivity contribution in [2.75, 3.05) is 13.6 Å². The van der Waals surface area contributed by atoms with Gasteiger partial charge in [-0.1, -0.05) is 0 Å². The van der Waals surface area contributed by atoms with E-state index in [1.54, 1.807) is 7.05 Å². The molecule has 11 heavy (non-hydrogen) atoms. The zero-order valence-electron chi connectivity index (χ0n) is 6.76. The van der Waals surface area contributed by atoms with Gasteiger partial charge in [0.05, 0.1) is 6.04 Å². The average molecular weight is 156 g/mol. The zero-order chi connectivity index (χ0) is 8.43. The summed E-state index contributed by atoms with van der Waals surface area (Å²) in [4.78, 5) is 23.4. The second-order valence-electron chi connectivity index (χ2n) is 2.76. The van der Waals surface area contributed by atoms with Gasteiger partial charge in [0.2, 0.25) is 0 Å². The van der Waals surface area contributed by atoms with Gasteiger partial charge in [0.15, 0.2) is 5.78 Å². The van der Waals surface area contributed by atoms with Crippen molar-refractivity contribution in [1.29, 1.82) is 0 Å². The van der Waals surface area contributed by atoms with Crippen LogP contribution in [0.25, 0.3) is 0 Å². The van der Waals surface area contributed by atoms with Gasteiger partial charge in [0.25, 0.3) is 0 Å². The summed E-state index contributed by atoms with van der Waals surface area (Å²) in [5, 5.41) is 2.65. The highest BCUT2D eigenvalue weighted by atomic mass is 16.2. The molecule has 1 rings (SSSR count). The quantitative estimate of drug-likeness (QED) is 0.580. The standard InChI is InChI=1S/C7H12N2O2/c1-5(10)6-3-4-8-7(11)9(6)2/h6H,3-4H2,1-2H3,(H,8,11). The van der Waals surface area contributed by atoms with Gasteiger partial charge < -0.3 is 10.2 Å². The van der Waals surface area contributed by atoms with Crippen molar-refractivity contribution in [2.45, 2.75) is 19.4 Å². The number of hydrogen-bond donors (Lipinski definition) is 1. The molecule has 1 aliphatic rings.